The molecule has 4 aromatic heterocycles. The summed E-state index contributed by atoms with van der Waals surface area (Å²) in [5.74, 6) is 1.73. The van der Waals surface area contributed by atoms with Crippen molar-refractivity contribution in [3.63, 3.8) is 0 Å². The van der Waals surface area contributed by atoms with Crippen molar-refractivity contribution in [2.45, 2.75) is 0 Å². The molecular weight excluding hydrogens is 841 g/mol. The minimum absolute atomic E-state index is 0.539. The van der Waals surface area contributed by atoms with E-state index in [2.05, 4.69) is 232 Å². The van der Waals surface area contributed by atoms with Gasteiger partial charge in [0.1, 0.15) is 0 Å². The lowest BCUT2D eigenvalue weighted by molar-refractivity contribution is 0.949. The van der Waals surface area contributed by atoms with E-state index < -0.39 is 0 Å². The van der Waals surface area contributed by atoms with Gasteiger partial charge in [-0.3, -0.25) is 4.57 Å². The van der Waals surface area contributed by atoms with Gasteiger partial charge in [-0.2, -0.15) is 9.97 Å². The maximum atomic E-state index is 5.45. The molecule has 6 heteroatoms. The summed E-state index contributed by atoms with van der Waals surface area (Å²) in [4.78, 5) is 16.1. The molecule has 322 valence electrons. The van der Waals surface area contributed by atoms with Crippen LogP contribution >= 0.6 is 0 Å². The number of para-hydroxylation sites is 5. The minimum atomic E-state index is 0.539. The van der Waals surface area contributed by atoms with Gasteiger partial charge in [-0.1, -0.05) is 200 Å². The maximum Gasteiger partial charge on any atom is 0.238 e. The molecule has 0 fully saturated rings. The molecule has 0 N–H and O–H groups in total. The summed E-state index contributed by atoms with van der Waals surface area (Å²) in [6, 6.07) is 86.3. The lowest BCUT2D eigenvalue weighted by atomic mass is 9.99. The Morgan fingerprint density at radius 2 is 0.580 bits per heavy atom. The third kappa shape index (κ3) is 6.23. The van der Waals surface area contributed by atoms with Gasteiger partial charge in [-0.25, -0.2) is 4.98 Å². The van der Waals surface area contributed by atoms with Crippen LogP contribution in [0.3, 0.4) is 0 Å². The van der Waals surface area contributed by atoms with Crippen molar-refractivity contribution in [2.75, 3.05) is 0 Å². The Kier molecular flexibility index (Phi) is 8.79. The molecule has 69 heavy (non-hydrogen) atoms. The Balaban J connectivity index is 1.04. The summed E-state index contributed by atoms with van der Waals surface area (Å²) < 4.78 is 7.12. The number of hydrogen-bond donors (Lipinski definition) is 0. The lowest BCUT2D eigenvalue weighted by Gasteiger charge is -2.17. The minimum Gasteiger partial charge on any atom is -0.309 e. The van der Waals surface area contributed by atoms with Crippen LogP contribution in [0, 0.1) is 0 Å². The Hall–Kier alpha value is -9.39. The normalized spacial score (nSPS) is 11.8. The molecule has 0 saturated carbocycles. The van der Waals surface area contributed by atoms with E-state index in [-0.39, 0.29) is 0 Å². The Bertz CT molecular complexity index is 4170. The molecule has 0 spiro atoms. The number of rotatable bonds is 7. The number of fused-ring (bicyclic) bond motifs is 9. The van der Waals surface area contributed by atoms with Gasteiger partial charge in [-0.15, -0.1) is 0 Å². The summed E-state index contributed by atoms with van der Waals surface area (Å²) in [5.41, 5.74) is 15.1. The molecule has 0 aliphatic carbocycles. The third-order valence-corrected chi connectivity index (χ3v) is 13.7. The van der Waals surface area contributed by atoms with E-state index in [1.165, 1.54) is 32.7 Å². The van der Waals surface area contributed by atoms with E-state index in [1.807, 2.05) is 24.3 Å². The average Bonchev–Trinajstić information content (AvgIpc) is 4.07. The first-order valence-electron chi connectivity index (χ1n) is 23.4. The highest BCUT2D eigenvalue weighted by molar-refractivity contribution is 6.16. The zero-order valence-electron chi connectivity index (χ0n) is 37.3. The van der Waals surface area contributed by atoms with Gasteiger partial charge < -0.3 is 9.13 Å². The van der Waals surface area contributed by atoms with Crippen molar-refractivity contribution in [2.24, 2.45) is 0 Å². The molecule has 0 aliphatic rings. The topological polar surface area (TPSA) is 53.5 Å². The number of nitrogens with zero attached hydrogens (tertiary/aromatic N) is 6. The van der Waals surface area contributed by atoms with E-state index in [4.69, 9.17) is 15.0 Å². The summed E-state index contributed by atoms with van der Waals surface area (Å²) in [6.45, 7) is 0. The molecule has 0 atom stereocenters. The van der Waals surface area contributed by atoms with Crippen molar-refractivity contribution in [3.05, 3.63) is 243 Å². The van der Waals surface area contributed by atoms with Crippen molar-refractivity contribution in [1.82, 2.24) is 28.7 Å². The first-order valence-corrected chi connectivity index (χ1v) is 23.4. The van der Waals surface area contributed by atoms with Gasteiger partial charge >= 0.3 is 0 Å². The zero-order chi connectivity index (χ0) is 45.4. The zero-order valence-corrected chi connectivity index (χ0v) is 37.3. The van der Waals surface area contributed by atoms with Crippen LogP contribution in [0.25, 0.3) is 128 Å². The molecule has 0 amide bonds. The van der Waals surface area contributed by atoms with Crippen LogP contribution in [0.2, 0.25) is 0 Å². The molecule has 0 bridgehead atoms. The van der Waals surface area contributed by atoms with Crippen LogP contribution in [0.5, 0.6) is 0 Å². The monoisotopic (exact) mass is 880 g/mol. The fourth-order valence-corrected chi connectivity index (χ4v) is 10.6. The van der Waals surface area contributed by atoms with E-state index in [0.29, 0.717) is 17.6 Å². The fourth-order valence-electron chi connectivity index (χ4n) is 10.6. The first kappa shape index (κ1) is 38.8. The average molecular weight is 881 g/mol. The third-order valence-electron chi connectivity index (χ3n) is 13.7. The van der Waals surface area contributed by atoms with E-state index in [1.54, 1.807) is 0 Å². The maximum absolute atomic E-state index is 5.45. The number of hydrogen-bond acceptors (Lipinski definition) is 3. The van der Waals surface area contributed by atoms with E-state index in [0.717, 1.165) is 77.5 Å². The fraction of sp³-hybridized carbons (Fsp3) is 0. The molecule has 4 heterocycles. The van der Waals surface area contributed by atoms with Crippen LogP contribution < -0.4 is 0 Å². The summed E-state index contributed by atoms with van der Waals surface area (Å²) in [6.07, 6.45) is 0. The van der Waals surface area contributed by atoms with Gasteiger partial charge in [0, 0.05) is 49.1 Å². The van der Waals surface area contributed by atoms with Gasteiger partial charge in [0.15, 0.2) is 11.6 Å². The van der Waals surface area contributed by atoms with Gasteiger partial charge in [0.2, 0.25) is 5.95 Å². The molecule has 14 rings (SSSR count). The molecule has 6 nitrogen and oxygen atoms in total. The summed E-state index contributed by atoms with van der Waals surface area (Å²) >= 11 is 0. The largest absolute Gasteiger partial charge is 0.309 e. The smallest absolute Gasteiger partial charge is 0.238 e. The van der Waals surface area contributed by atoms with E-state index in [9.17, 15) is 0 Å². The Labute approximate surface area is 397 Å². The van der Waals surface area contributed by atoms with Crippen molar-refractivity contribution >= 4 is 65.4 Å². The van der Waals surface area contributed by atoms with Gasteiger partial charge in [0.05, 0.1) is 38.8 Å². The van der Waals surface area contributed by atoms with Gasteiger partial charge in [0.25, 0.3) is 0 Å². The Morgan fingerprint density at radius 1 is 0.246 bits per heavy atom. The number of aromatic nitrogens is 6. The van der Waals surface area contributed by atoms with Crippen molar-refractivity contribution < 1.29 is 0 Å². The first-order chi connectivity index (χ1) is 34.2. The van der Waals surface area contributed by atoms with Crippen LogP contribution in [0.4, 0.5) is 0 Å². The molecule has 0 unspecified atom stereocenters. The SMILES string of the molecule is c1ccc(-c2ccc(-c3ccc(-c4nc(-c5ccccc5)nc(-n5c6ccccc6c6cc(-n7c8ccccc8c8ccccc87)cc(-n7c8ccccc8c8ccccc87)c65)n4)cc3)cc2)cc1. The predicted molar refractivity (Wildman–Crippen MR) is 285 cm³/mol. The van der Waals surface area contributed by atoms with E-state index >= 15 is 0 Å². The quantitative estimate of drug-likeness (QED) is 0.160. The highest BCUT2D eigenvalue weighted by atomic mass is 15.2. The lowest BCUT2D eigenvalue weighted by Crippen LogP contribution is -2.08. The van der Waals surface area contributed by atoms with Crippen LogP contribution in [-0.4, -0.2) is 28.7 Å². The molecule has 0 aliphatic heterocycles. The van der Waals surface area contributed by atoms with Crippen LogP contribution in [0.15, 0.2) is 243 Å². The Morgan fingerprint density at radius 3 is 1.04 bits per heavy atom. The molecular formula is C63H40N6. The second-order valence-corrected chi connectivity index (χ2v) is 17.6. The van der Waals surface area contributed by atoms with Gasteiger partial charge in [-0.05, 0) is 64.7 Å². The molecule has 14 aromatic rings. The molecule has 0 saturated heterocycles. The molecule has 10 aromatic carbocycles. The summed E-state index contributed by atoms with van der Waals surface area (Å²) in [7, 11) is 0. The molecule has 0 radical (unpaired) electrons. The highest BCUT2D eigenvalue weighted by Gasteiger charge is 2.25. The van der Waals surface area contributed by atoms with Crippen LogP contribution in [0.1, 0.15) is 0 Å². The second-order valence-electron chi connectivity index (χ2n) is 17.6. The standard InChI is InChI=1S/C63H40N6/c1-3-17-41(18-4-1)42-31-33-43(34-32-42)44-35-37-46(38-36-44)62-64-61(45-19-5-2-6-20-45)65-63(66-62)69-58-30-16-11-25-52(58)53-39-47(67-54-26-12-7-21-48(54)49-22-8-13-27-55(49)67)40-59(60(53)69)68-56-28-14-9-23-50(56)51-24-10-15-29-57(51)68/h1-40H. The number of benzene rings is 10. The van der Waals surface area contributed by atoms with Crippen LogP contribution in [-0.2, 0) is 0 Å². The second kappa shape index (κ2) is 15.6. The highest BCUT2D eigenvalue weighted by Crippen LogP contribution is 2.43. The van der Waals surface area contributed by atoms with Crippen molar-refractivity contribution in [3.8, 4) is 62.4 Å². The van der Waals surface area contributed by atoms with Crippen molar-refractivity contribution in [1.29, 1.82) is 0 Å². The summed E-state index contributed by atoms with van der Waals surface area (Å²) in [5, 5.41) is 7.00. The predicted octanol–water partition coefficient (Wildman–Crippen LogP) is 15.8.